The van der Waals surface area contributed by atoms with Crippen LogP contribution in [0.25, 0.3) is 0 Å². The van der Waals surface area contributed by atoms with Crippen molar-refractivity contribution in [3.63, 3.8) is 0 Å². The highest BCUT2D eigenvalue weighted by Gasteiger charge is 2.07. The number of nitrogens with one attached hydrogen (secondary N) is 2. The number of methoxy groups -OCH3 is 1. The summed E-state index contributed by atoms with van der Waals surface area (Å²) in [6, 6.07) is 11.3. The summed E-state index contributed by atoms with van der Waals surface area (Å²) < 4.78 is 5.00. The molecule has 0 radical (unpaired) electrons. The van der Waals surface area contributed by atoms with Crippen molar-refractivity contribution in [1.82, 2.24) is 4.98 Å². The lowest BCUT2D eigenvalue weighted by molar-refractivity contribution is 0.102. The third-order valence-electron chi connectivity index (χ3n) is 3.47. The first-order valence-electron chi connectivity index (χ1n) is 7.82. The monoisotopic (exact) mass is 313 g/mol. The molecule has 1 aromatic carbocycles. The molecule has 0 aliphatic heterocycles. The van der Waals surface area contributed by atoms with Gasteiger partial charge in [0, 0.05) is 37.7 Å². The lowest BCUT2D eigenvalue weighted by Crippen LogP contribution is -2.13. The van der Waals surface area contributed by atoms with Crippen LogP contribution in [0.3, 0.4) is 0 Å². The van der Waals surface area contributed by atoms with E-state index in [1.165, 1.54) is 5.56 Å². The van der Waals surface area contributed by atoms with Crippen molar-refractivity contribution in [3.05, 3.63) is 53.7 Å². The van der Waals surface area contributed by atoms with Crippen LogP contribution < -0.4 is 10.6 Å². The summed E-state index contributed by atoms with van der Waals surface area (Å²) >= 11 is 0. The predicted octanol–water partition coefficient (Wildman–Crippen LogP) is 3.34. The summed E-state index contributed by atoms with van der Waals surface area (Å²) in [4.78, 5) is 16.5. The molecular weight excluding hydrogens is 290 g/mol. The van der Waals surface area contributed by atoms with Gasteiger partial charge in [-0.3, -0.25) is 4.79 Å². The van der Waals surface area contributed by atoms with E-state index in [4.69, 9.17) is 4.74 Å². The van der Waals surface area contributed by atoms with Gasteiger partial charge in [0.05, 0.1) is 0 Å². The zero-order valence-corrected chi connectivity index (χ0v) is 13.6. The molecule has 0 spiro atoms. The Hall–Kier alpha value is -2.40. The normalized spacial score (nSPS) is 10.3. The van der Waals surface area contributed by atoms with Crippen LogP contribution in [0.15, 0.2) is 42.6 Å². The number of benzene rings is 1. The summed E-state index contributed by atoms with van der Waals surface area (Å²) in [6.45, 7) is 3.55. The number of aryl methyl sites for hydroxylation is 1. The average Bonchev–Trinajstić information content (AvgIpc) is 2.60. The van der Waals surface area contributed by atoms with E-state index in [9.17, 15) is 4.79 Å². The van der Waals surface area contributed by atoms with Gasteiger partial charge in [0.2, 0.25) is 0 Å². The van der Waals surface area contributed by atoms with Gasteiger partial charge < -0.3 is 15.4 Å². The van der Waals surface area contributed by atoms with Crippen molar-refractivity contribution in [2.24, 2.45) is 0 Å². The minimum atomic E-state index is -0.142. The standard InChI is InChI=1S/C18H23N3O2/c1-3-14-5-7-16(8-6-14)21-18(22)15-9-11-20-17(13-15)19-10-4-12-23-2/h5-9,11,13H,3-4,10,12H2,1-2H3,(H,19,20)(H,21,22). The minimum absolute atomic E-state index is 0.142. The molecule has 2 rings (SSSR count). The maximum atomic E-state index is 12.3. The number of hydrogen-bond acceptors (Lipinski definition) is 4. The van der Waals surface area contributed by atoms with Crippen LogP contribution in [0, 0.1) is 0 Å². The summed E-state index contributed by atoms with van der Waals surface area (Å²) in [5.41, 5.74) is 2.61. The van der Waals surface area contributed by atoms with E-state index in [1.54, 1.807) is 25.4 Å². The smallest absolute Gasteiger partial charge is 0.255 e. The zero-order valence-electron chi connectivity index (χ0n) is 13.6. The van der Waals surface area contributed by atoms with Gasteiger partial charge in [-0.1, -0.05) is 19.1 Å². The lowest BCUT2D eigenvalue weighted by atomic mass is 10.1. The van der Waals surface area contributed by atoms with Crippen LogP contribution in [-0.4, -0.2) is 31.2 Å². The summed E-state index contributed by atoms with van der Waals surface area (Å²) in [5.74, 6) is 0.548. The molecular formula is C18H23N3O2. The van der Waals surface area contributed by atoms with Crippen LogP contribution in [0.4, 0.5) is 11.5 Å². The quantitative estimate of drug-likeness (QED) is 0.734. The Bertz CT molecular complexity index is 626. The fourth-order valence-corrected chi connectivity index (χ4v) is 2.13. The average molecular weight is 313 g/mol. The minimum Gasteiger partial charge on any atom is -0.385 e. The highest BCUT2D eigenvalue weighted by molar-refractivity contribution is 6.04. The Morgan fingerprint density at radius 2 is 2.00 bits per heavy atom. The van der Waals surface area contributed by atoms with Crippen molar-refractivity contribution < 1.29 is 9.53 Å². The second kappa shape index (κ2) is 8.90. The summed E-state index contributed by atoms with van der Waals surface area (Å²) in [5, 5.41) is 6.08. The Balaban J connectivity index is 1.95. The molecule has 5 nitrogen and oxygen atoms in total. The maximum Gasteiger partial charge on any atom is 0.255 e. The fraction of sp³-hybridized carbons (Fsp3) is 0.333. The number of rotatable bonds is 8. The molecule has 0 bridgehead atoms. The lowest BCUT2D eigenvalue weighted by Gasteiger charge is -2.08. The van der Waals surface area contributed by atoms with Gasteiger partial charge in [-0.15, -0.1) is 0 Å². The first-order chi connectivity index (χ1) is 11.2. The Morgan fingerprint density at radius 1 is 1.22 bits per heavy atom. The van der Waals surface area contributed by atoms with Crippen molar-refractivity contribution in [2.75, 3.05) is 30.9 Å². The molecule has 0 fully saturated rings. The number of aromatic nitrogens is 1. The molecule has 5 heteroatoms. The number of pyridine rings is 1. The van der Waals surface area contributed by atoms with Crippen LogP contribution in [0.1, 0.15) is 29.3 Å². The topological polar surface area (TPSA) is 63.2 Å². The van der Waals surface area contributed by atoms with E-state index in [1.807, 2.05) is 24.3 Å². The van der Waals surface area contributed by atoms with Crippen LogP contribution in [-0.2, 0) is 11.2 Å². The number of carbonyl (C=O) groups is 1. The molecule has 122 valence electrons. The molecule has 1 amide bonds. The molecule has 0 saturated heterocycles. The van der Waals surface area contributed by atoms with Crippen molar-refractivity contribution >= 4 is 17.4 Å². The number of amides is 1. The second-order valence-electron chi connectivity index (χ2n) is 5.21. The molecule has 23 heavy (non-hydrogen) atoms. The van der Waals surface area contributed by atoms with Crippen molar-refractivity contribution in [2.45, 2.75) is 19.8 Å². The number of anilines is 2. The third kappa shape index (κ3) is 5.38. The number of hydrogen-bond donors (Lipinski definition) is 2. The van der Waals surface area contributed by atoms with Gasteiger partial charge >= 0.3 is 0 Å². The molecule has 2 N–H and O–H groups in total. The zero-order chi connectivity index (χ0) is 16.5. The van der Waals surface area contributed by atoms with E-state index in [-0.39, 0.29) is 5.91 Å². The van der Waals surface area contributed by atoms with Gasteiger partial charge in [0.15, 0.2) is 0 Å². The molecule has 0 unspecified atom stereocenters. The van der Waals surface area contributed by atoms with E-state index in [0.717, 1.165) is 25.1 Å². The predicted molar refractivity (Wildman–Crippen MR) is 93.0 cm³/mol. The first-order valence-corrected chi connectivity index (χ1v) is 7.82. The second-order valence-corrected chi connectivity index (χ2v) is 5.21. The molecule has 2 aromatic rings. The molecule has 0 aliphatic carbocycles. The largest absolute Gasteiger partial charge is 0.385 e. The number of nitrogens with zero attached hydrogens (tertiary/aromatic N) is 1. The molecule has 1 heterocycles. The molecule has 1 aromatic heterocycles. The highest BCUT2D eigenvalue weighted by Crippen LogP contribution is 2.13. The number of ether oxygens (including phenoxy) is 1. The van der Waals surface area contributed by atoms with Gasteiger partial charge in [-0.25, -0.2) is 4.98 Å². The Morgan fingerprint density at radius 3 is 2.70 bits per heavy atom. The van der Waals surface area contributed by atoms with Gasteiger partial charge in [0.1, 0.15) is 5.82 Å². The van der Waals surface area contributed by atoms with E-state index in [0.29, 0.717) is 18.0 Å². The van der Waals surface area contributed by atoms with E-state index >= 15 is 0 Å². The highest BCUT2D eigenvalue weighted by atomic mass is 16.5. The van der Waals surface area contributed by atoms with Gasteiger partial charge in [0.25, 0.3) is 5.91 Å². The van der Waals surface area contributed by atoms with E-state index in [2.05, 4.69) is 22.5 Å². The fourth-order valence-electron chi connectivity index (χ4n) is 2.13. The van der Waals surface area contributed by atoms with E-state index < -0.39 is 0 Å². The third-order valence-corrected chi connectivity index (χ3v) is 3.47. The van der Waals surface area contributed by atoms with Crippen molar-refractivity contribution in [1.29, 1.82) is 0 Å². The first kappa shape index (κ1) is 17.0. The Labute approximate surface area is 137 Å². The van der Waals surface area contributed by atoms with Crippen LogP contribution >= 0.6 is 0 Å². The summed E-state index contributed by atoms with van der Waals surface area (Å²) in [6.07, 6.45) is 3.50. The summed E-state index contributed by atoms with van der Waals surface area (Å²) in [7, 11) is 1.68. The molecule has 0 saturated carbocycles. The number of carbonyl (C=O) groups excluding carboxylic acids is 1. The SMILES string of the molecule is CCc1ccc(NC(=O)c2ccnc(NCCCOC)c2)cc1. The van der Waals surface area contributed by atoms with Gasteiger partial charge in [-0.05, 0) is 42.7 Å². The molecule has 0 atom stereocenters. The maximum absolute atomic E-state index is 12.3. The van der Waals surface area contributed by atoms with Crippen molar-refractivity contribution in [3.8, 4) is 0 Å². The van der Waals surface area contributed by atoms with Gasteiger partial charge in [-0.2, -0.15) is 0 Å². The van der Waals surface area contributed by atoms with Crippen LogP contribution in [0.2, 0.25) is 0 Å². The molecule has 0 aliphatic rings. The Kier molecular flexibility index (Phi) is 6.56. The van der Waals surface area contributed by atoms with Crippen LogP contribution in [0.5, 0.6) is 0 Å².